The molecule has 0 saturated carbocycles. The van der Waals surface area contributed by atoms with E-state index in [1.807, 2.05) is 4.90 Å². The summed E-state index contributed by atoms with van der Waals surface area (Å²) in [7, 11) is 0. The third-order valence-electron chi connectivity index (χ3n) is 5.83. The van der Waals surface area contributed by atoms with Gasteiger partial charge >= 0.3 is 6.18 Å². The van der Waals surface area contributed by atoms with Gasteiger partial charge in [0.25, 0.3) is 5.91 Å². The maximum atomic E-state index is 14.1. The van der Waals surface area contributed by atoms with E-state index < -0.39 is 23.5 Å². The molecule has 0 unspecified atom stereocenters. The van der Waals surface area contributed by atoms with Crippen molar-refractivity contribution in [1.29, 1.82) is 0 Å². The lowest BCUT2D eigenvalue weighted by atomic mass is 10.1. The van der Waals surface area contributed by atoms with Crippen molar-refractivity contribution < 1.29 is 27.1 Å². The molecule has 0 bridgehead atoms. The van der Waals surface area contributed by atoms with Gasteiger partial charge in [-0.05, 0) is 42.5 Å². The molecule has 174 valence electrons. The van der Waals surface area contributed by atoms with Crippen LogP contribution in [0.15, 0.2) is 71.7 Å². The number of aliphatic imine (C=N–C) groups is 1. The minimum Gasteiger partial charge on any atom is -0.454 e. The number of halogens is 4. The van der Waals surface area contributed by atoms with E-state index in [-0.39, 0.29) is 17.0 Å². The number of amides is 1. The van der Waals surface area contributed by atoms with Crippen LogP contribution >= 0.6 is 0 Å². The van der Waals surface area contributed by atoms with E-state index in [1.54, 1.807) is 35.2 Å². The highest BCUT2D eigenvalue weighted by atomic mass is 19.4. The molecule has 5 nitrogen and oxygen atoms in total. The van der Waals surface area contributed by atoms with Gasteiger partial charge in [-0.15, -0.1) is 0 Å². The fourth-order valence-electron chi connectivity index (χ4n) is 4.07. The number of ether oxygens (including phenoxy) is 1. The highest BCUT2D eigenvalue weighted by molar-refractivity contribution is 6.04. The first-order valence-electron chi connectivity index (χ1n) is 10.7. The Labute approximate surface area is 192 Å². The van der Waals surface area contributed by atoms with E-state index in [9.17, 15) is 22.4 Å². The molecule has 3 aromatic carbocycles. The monoisotopic (exact) mass is 469 g/mol. The summed E-state index contributed by atoms with van der Waals surface area (Å²) in [6, 6.07) is 16.1. The number of amidine groups is 1. The van der Waals surface area contributed by atoms with Gasteiger partial charge in [-0.2, -0.15) is 13.2 Å². The van der Waals surface area contributed by atoms with Crippen LogP contribution in [0.2, 0.25) is 0 Å². The Balaban J connectivity index is 1.45. The van der Waals surface area contributed by atoms with Crippen molar-refractivity contribution in [3.8, 4) is 11.5 Å². The first kappa shape index (κ1) is 21.9. The van der Waals surface area contributed by atoms with Crippen LogP contribution in [0.4, 0.5) is 23.2 Å². The average Bonchev–Trinajstić information content (AvgIpc) is 3.00. The zero-order valence-corrected chi connectivity index (χ0v) is 17.8. The lowest BCUT2D eigenvalue weighted by Gasteiger charge is -2.36. The first-order chi connectivity index (χ1) is 16.3. The second-order valence-corrected chi connectivity index (χ2v) is 7.97. The smallest absolute Gasteiger partial charge is 0.416 e. The maximum absolute atomic E-state index is 14.1. The predicted octanol–water partition coefficient (Wildman–Crippen LogP) is 5.49. The van der Waals surface area contributed by atoms with Gasteiger partial charge in [0.05, 0.1) is 16.7 Å². The number of hydrogen-bond acceptors (Lipinski definition) is 4. The Morgan fingerprint density at radius 1 is 0.882 bits per heavy atom. The lowest BCUT2D eigenvalue weighted by Crippen LogP contribution is -2.51. The molecule has 0 atom stereocenters. The summed E-state index contributed by atoms with van der Waals surface area (Å²) in [4.78, 5) is 20.8. The molecule has 9 heteroatoms. The van der Waals surface area contributed by atoms with Gasteiger partial charge in [0, 0.05) is 26.2 Å². The zero-order chi connectivity index (χ0) is 23.9. The number of alkyl halides is 3. The van der Waals surface area contributed by atoms with E-state index in [1.165, 1.54) is 24.3 Å². The quantitative estimate of drug-likeness (QED) is 0.443. The zero-order valence-electron chi connectivity index (χ0n) is 17.8. The molecule has 0 N–H and O–H groups in total. The normalized spacial score (nSPS) is 15.6. The number of benzene rings is 3. The van der Waals surface area contributed by atoms with Gasteiger partial charge in [-0.3, -0.25) is 4.79 Å². The van der Waals surface area contributed by atoms with Crippen molar-refractivity contribution in [1.82, 2.24) is 9.80 Å². The first-order valence-corrected chi connectivity index (χ1v) is 10.7. The Hall–Kier alpha value is -3.88. The molecule has 2 aliphatic rings. The molecule has 0 spiro atoms. The summed E-state index contributed by atoms with van der Waals surface area (Å²) in [6.45, 7) is 1.37. The largest absolute Gasteiger partial charge is 0.454 e. The molecule has 34 heavy (non-hydrogen) atoms. The number of carbonyl (C=O) groups is 1. The molecule has 2 aliphatic heterocycles. The van der Waals surface area contributed by atoms with Gasteiger partial charge in [0.1, 0.15) is 23.1 Å². The van der Waals surface area contributed by atoms with Crippen molar-refractivity contribution in [3.05, 3.63) is 89.2 Å². The third kappa shape index (κ3) is 4.09. The standard InChI is InChI=1S/C25H19F4N3O2/c26-19-7-3-1-5-17(19)24(33)32-13-11-31(12-14-32)23-18-6-2-4-8-21(18)34-22-10-9-16(25(27,28)29)15-20(22)30-23/h1-10,15H,11-14H2. The summed E-state index contributed by atoms with van der Waals surface area (Å²) < 4.78 is 59.9. The number of carbonyl (C=O) groups excluding carboxylic acids is 1. The third-order valence-corrected chi connectivity index (χ3v) is 5.83. The van der Waals surface area contributed by atoms with E-state index in [2.05, 4.69) is 4.99 Å². The van der Waals surface area contributed by atoms with Crippen molar-refractivity contribution >= 4 is 17.4 Å². The van der Waals surface area contributed by atoms with Crippen LogP contribution in [0.5, 0.6) is 11.5 Å². The number of para-hydroxylation sites is 1. The van der Waals surface area contributed by atoms with E-state index in [4.69, 9.17) is 4.74 Å². The van der Waals surface area contributed by atoms with Gasteiger partial charge < -0.3 is 14.5 Å². The van der Waals surface area contributed by atoms with Crippen LogP contribution in [0, 0.1) is 5.82 Å². The number of hydrogen-bond donors (Lipinski definition) is 0. The van der Waals surface area contributed by atoms with Crippen LogP contribution in [0.3, 0.4) is 0 Å². The summed E-state index contributed by atoms with van der Waals surface area (Å²) in [5.74, 6) is 0.191. The summed E-state index contributed by atoms with van der Waals surface area (Å²) >= 11 is 0. The molecule has 0 radical (unpaired) electrons. The van der Waals surface area contributed by atoms with Crippen LogP contribution in [-0.2, 0) is 6.18 Å². The van der Waals surface area contributed by atoms with Crippen LogP contribution in [0.25, 0.3) is 0 Å². The number of piperazine rings is 1. The molecule has 1 saturated heterocycles. The van der Waals surface area contributed by atoms with Crippen molar-refractivity contribution in [2.75, 3.05) is 26.2 Å². The molecule has 5 rings (SSSR count). The maximum Gasteiger partial charge on any atom is 0.416 e. The fraction of sp³-hybridized carbons (Fsp3) is 0.200. The van der Waals surface area contributed by atoms with E-state index >= 15 is 0 Å². The summed E-state index contributed by atoms with van der Waals surface area (Å²) in [6.07, 6.45) is -4.51. The highest BCUT2D eigenvalue weighted by Crippen LogP contribution is 2.41. The fourth-order valence-corrected chi connectivity index (χ4v) is 4.07. The summed E-state index contributed by atoms with van der Waals surface area (Å²) in [5, 5.41) is 0. The Bertz CT molecular complexity index is 1280. The van der Waals surface area contributed by atoms with Crippen LogP contribution in [-0.4, -0.2) is 47.7 Å². The molecule has 0 aliphatic carbocycles. The number of rotatable bonds is 1. The van der Waals surface area contributed by atoms with E-state index in [0.29, 0.717) is 43.3 Å². The van der Waals surface area contributed by atoms with Crippen LogP contribution in [0.1, 0.15) is 21.5 Å². The van der Waals surface area contributed by atoms with Crippen molar-refractivity contribution in [2.45, 2.75) is 6.18 Å². The minimum atomic E-state index is -4.51. The Morgan fingerprint density at radius 3 is 2.32 bits per heavy atom. The second kappa shape index (κ2) is 8.48. The number of nitrogens with zero attached hydrogens (tertiary/aromatic N) is 3. The second-order valence-electron chi connectivity index (χ2n) is 7.97. The Kier molecular flexibility index (Phi) is 5.47. The molecule has 1 amide bonds. The lowest BCUT2D eigenvalue weighted by molar-refractivity contribution is -0.137. The summed E-state index contributed by atoms with van der Waals surface area (Å²) in [5.41, 5.74) is -0.0913. The molecular weight excluding hydrogens is 450 g/mol. The van der Waals surface area contributed by atoms with Gasteiger partial charge in [-0.25, -0.2) is 9.38 Å². The predicted molar refractivity (Wildman–Crippen MR) is 118 cm³/mol. The minimum absolute atomic E-state index is 0.00936. The topological polar surface area (TPSA) is 45.1 Å². The molecule has 1 fully saturated rings. The SMILES string of the molecule is O=C(c1ccccc1F)N1CCN(C2=Nc3cc(C(F)(F)F)ccc3Oc3ccccc32)CC1. The molecule has 3 aromatic rings. The van der Waals surface area contributed by atoms with E-state index in [0.717, 1.165) is 12.1 Å². The van der Waals surface area contributed by atoms with Gasteiger partial charge in [0.2, 0.25) is 0 Å². The average molecular weight is 469 g/mol. The van der Waals surface area contributed by atoms with Gasteiger partial charge in [0.15, 0.2) is 5.75 Å². The van der Waals surface area contributed by atoms with Crippen LogP contribution < -0.4 is 4.74 Å². The molecule has 2 heterocycles. The van der Waals surface area contributed by atoms with Gasteiger partial charge in [-0.1, -0.05) is 24.3 Å². The highest BCUT2D eigenvalue weighted by Gasteiger charge is 2.33. The molecular formula is C25H19F4N3O2. The van der Waals surface area contributed by atoms with Crippen molar-refractivity contribution in [2.24, 2.45) is 4.99 Å². The van der Waals surface area contributed by atoms with Crippen molar-refractivity contribution in [3.63, 3.8) is 0 Å². The number of fused-ring (bicyclic) bond motifs is 2. The molecule has 0 aromatic heterocycles. The Morgan fingerprint density at radius 2 is 1.59 bits per heavy atom.